The normalized spacial score (nSPS) is 13.5. The second-order valence-electron chi connectivity index (χ2n) is 6.79. The van der Waals surface area contributed by atoms with Crippen LogP contribution in [0.4, 0.5) is 11.4 Å². The van der Waals surface area contributed by atoms with Gasteiger partial charge in [0.2, 0.25) is 0 Å². The van der Waals surface area contributed by atoms with Crippen LogP contribution in [0.15, 0.2) is 42.5 Å². The number of nitrogens with zero attached hydrogens (tertiary/aromatic N) is 1. The van der Waals surface area contributed by atoms with E-state index in [9.17, 15) is 9.59 Å². The van der Waals surface area contributed by atoms with Gasteiger partial charge in [0.15, 0.2) is 6.61 Å². The molecule has 0 bridgehead atoms. The lowest BCUT2D eigenvalue weighted by Crippen LogP contribution is -2.29. The summed E-state index contributed by atoms with van der Waals surface area (Å²) in [5.41, 5.74) is 2.04. The lowest BCUT2D eigenvalue weighted by molar-refractivity contribution is -0.119. The molecule has 0 unspecified atom stereocenters. The van der Waals surface area contributed by atoms with E-state index in [-0.39, 0.29) is 12.2 Å². The van der Waals surface area contributed by atoms with Crippen LogP contribution in [-0.2, 0) is 9.53 Å². The first-order valence-electron chi connectivity index (χ1n) is 9.64. The van der Waals surface area contributed by atoms with E-state index in [0.29, 0.717) is 17.2 Å². The molecule has 154 valence electrons. The van der Waals surface area contributed by atoms with Crippen LogP contribution < -0.4 is 19.7 Å². The Balaban J connectivity index is 1.52. The molecule has 0 spiro atoms. The quantitative estimate of drug-likeness (QED) is 0.720. The van der Waals surface area contributed by atoms with E-state index in [1.54, 1.807) is 12.1 Å². The number of carbonyl (C=O) groups is 2. The van der Waals surface area contributed by atoms with Gasteiger partial charge in [0, 0.05) is 30.5 Å². The van der Waals surface area contributed by atoms with Crippen LogP contribution in [0.3, 0.4) is 0 Å². The maximum Gasteiger partial charge on any atom is 0.342 e. The minimum Gasteiger partial charge on any atom is -0.497 e. The number of rotatable bonds is 7. The molecular weight excluding hydrogens is 372 g/mol. The SMILES string of the molecule is COc1ccc(C(=O)OCC(=O)Nc2ccc(N3CCCCC3)cc2)c(OC)c1. The number of anilines is 2. The minimum atomic E-state index is -0.639. The molecule has 1 N–H and O–H groups in total. The van der Waals surface area contributed by atoms with Gasteiger partial charge in [-0.1, -0.05) is 0 Å². The van der Waals surface area contributed by atoms with Crippen molar-refractivity contribution in [2.75, 3.05) is 44.1 Å². The molecular formula is C22H26N2O5. The summed E-state index contributed by atoms with van der Waals surface area (Å²) < 4.78 is 15.4. The fourth-order valence-corrected chi connectivity index (χ4v) is 3.28. The molecule has 29 heavy (non-hydrogen) atoms. The first-order valence-corrected chi connectivity index (χ1v) is 9.64. The molecule has 1 amide bonds. The van der Waals surface area contributed by atoms with Crippen molar-refractivity contribution in [3.05, 3.63) is 48.0 Å². The summed E-state index contributed by atoms with van der Waals surface area (Å²) in [6.45, 7) is 1.74. The number of hydrogen-bond acceptors (Lipinski definition) is 6. The molecule has 1 aliphatic rings. The van der Waals surface area contributed by atoms with Crippen molar-refractivity contribution in [2.45, 2.75) is 19.3 Å². The molecule has 7 heteroatoms. The maximum absolute atomic E-state index is 12.3. The Morgan fingerprint density at radius 1 is 0.966 bits per heavy atom. The second-order valence-corrected chi connectivity index (χ2v) is 6.79. The summed E-state index contributed by atoms with van der Waals surface area (Å²) in [6.07, 6.45) is 3.71. The van der Waals surface area contributed by atoms with E-state index >= 15 is 0 Å². The van der Waals surface area contributed by atoms with Gasteiger partial charge in [-0.2, -0.15) is 0 Å². The van der Waals surface area contributed by atoms with Crippen LogP contribution in [-0.4, -0.2) is 45.8 Å². The highest BCUT2D eigenvalue weighted by atomic mass is 16.5. The monoisotopic (exact) mass is 398 g/mol. The highest BCUT2D eigenvalue weighted by molar-refractivity contribution is 5.97. The van der Waals surface area contributed by atoms with E-state index in [1.807, 2.05) is 24.3 Å². The van der Waals surface area contributed by atoms with Crippen molar-refractivity contribution in [3.8, 4) is 11.5 Å². The van der Waals surface area contributed by atoms with E-state index in [4.69, 9.17) is 14.2 Å². The maximum atomic E-state index is 12.3. The number of nitrogens with one attached hydrogen (secondary N) is 1. The molecule has 0 saturated carbocycles. The third-order valence-electron chi connectivity index (χ3n) is 4.84. The molecule has 2 aromatic rings. The molecule has 1 fully saturated rings. The number of carbonyl (C=O) groups excluding carboxylic acids is 2. The summed E-state index contributed by atoms with van der Waals surface area (Å²) in [5.74, 6) is -0.163. The van der Waals surface area contributed by atoms with Crippen molar-refractivity contribution in [1.29, 1.82) is 0 Å². The van der Waals surface area contributed by atoms with Gasteiger partial charge < -0.3 is 24.4 Å². The zero-order valence-electron chi connectivity index (χ0n) is 16.8. The first-order chi connectivity index (χ1) is 14.1. The average molecular weight is 398 g/mol. The predicted octanol–water partition coefficient (Wildman–Crippen LogP) is 3.49. The van der Waals surface area contributed by atoms with Crippen molar-refractivity contribution in [3.63, 3.8) is 0 Å². The van der Waals surface area contributed by atoms with Crippen LogP contribution >= 0.6 is 0 Å². The summed E-state index contributed by atoms with van der Waals surface area (Å²) in [7, 11) is 2.97. The lowest BCUT2D eigenvalue weighted by atomic mass is 10.1. The molecule has 0 aliphatic carbocycles. The molecule has 0 radical (unpaired) electrons. The zero-order valence-corrected chi connectivity index (χ0v) is 16.8. The fourth-order valence-electron chi connectivity index (χ4n) is 3.28. The van der Waals surface area contributed by atoms with Crippen LogP contribution in [0.1, 0.15) is 29.6 Å². The molecule has 1 heterocycles. The Labute approximate surface area is 170 Å². The summed E-state index contributed by atoms with van der Waals surface area (Å²) >= 11 is 0. The lowest BCUT2D eigenvalue weighted by Gasteiger charge is -2.28. The van der Waals surface area contributed by atoms with Gasteiger partial charge in [-0.25, -0.2) is 4.79 Å². The van der Waals surface area contributed by atoms with Crippen LogP contribution in [0.5, 0.6) is 11.5 Å². The summed E-state index contributed by atoms with van der Waals surface area (Å²) in [5, 5.41) is 2.74. The van der Waals surface area contributed by atoms with Crippen molar-refractivity contribution in [2.24, 2.45) is 0 Å². The van der Waals surface area contributed by atoms with E-state index in [0.717, 1.165) is 18.8 Å². The average Bonchev–Trinajstić information content (AvgIpc) is 2.78. The number of methoxy groups -OCH3 is 2. The molecule has 0 atom stereocenters. The van der Waals surface area contributed by atoms with Crippen molar-refractivity contribution in [1.82, 2.24) is 0 Å². The predicted molar refractivity (Wildman–Crippen MR) is 111 cm³/mol. The van der Waals surface area contributed by atoms with Gasteiger partial charge >= 0.3 is 5.97 Å². The molecule has 1 aliphatic heterocycles. The Morgan fingerprint density at radius 2 is 1.69 bits per heavy atom. The summed E-state index contributed by atoms with van der Waals surface area (Å²) in [6, 6.07) is 12.5. The molecule has 2 aromatic carbocycles. The van der Waals surface area contributed by atoms with Gasteiger partial charge in [-0.3, -0.25) is 4.79 Å². The standard InChI is InChI=1S/C22H26N2O5/c1-27-18-10-11-19(20(14-18)28-2)22(26)29-15-21(25)23-16-6-8-17(9-7-16)24-12-4-3-5-13-24/h6-11,14H,3-5,12-13,15H2,1-2H3,(H,23,25). The molecule has 7 nitrogen and oxygen atoms in total. The van der Waals surface area contributed by atoms with Gasteiger partial charge in [0.05, 0.1) is 14.2 Å². The molecule has 1 saturated heterocycles. The van der Waals surface area contributed by atoms with Gasteiger partial charge in [-0.05, 0) is 55.7 Å². The van der Waals surface area contributed by atoms with Gasteiger partial charge in [-0.15, -0.1) is 0 Å². The van der Waals surface area contributed by atoms with Crippen LogP contribution in [0.25, 0.3) is 0 Å². The van der Waals surface area contributed by atoms with Gasteiger partial charge in [0.25, 0.3) is 5.91 Å². The topological polar surface area (TPSA) is 77.1 Å². The Morgan fingerprint density at radius 3 is 2.34 bits per heavy atom. The van der Waals surface area contributed by atoms with Crippen LogP contribution in [0.2, 0.25) is 0 Å². The smallest absolute Gasteiger partial charge is 0.342 e. The largest absolute Gasteiger partial charge is 0.497 e. The number of benzene rings is 2. The van der Waals surface area contributed by atoms with E-state index < -0.39 is 11.9 Å². The summed E-state index contributed by atoms with van der Waals surface area (Å²) in [4.78, 5) is 26.8. The minimum absolute atomic E-state index is 0.229. The number of ether oxygens (including phenoxy) is 3. The Hall–Kier alpha value is -3.22. The Bertz CT molecular complexity index is 845. The fraction of sp³-hybridized carbons (Fsp3) is 0.364. The number of piperidine rings is 1. The first kappa shape index (κ1) is 20.5. The molecule has 3 rings (SSSR count). The van der Waals surface area contributed by atoms with Gasteiger partial charge in [0.1, 0.15) is 17.1 Å². The number of amides is 1. The van der Waals surface area contributed by atoms with E-state index in [1.165, 1.54) is 39.5 Å². The van der Waals surface area contributed by atoms with E-state index in [2.05, 4.69) is 10.2 Å². The number of esters is 1. The third-order valence-corrected chi connectivity index (χ3v) is 4.84. The number of hydrogen-bond donors (Lipinski definition) is 1. The van der Waals surface area contributed by atoms with Crippen molar-refractivity contribution >= 4 is 23.3 Å². The zero-order chi connectivity index (χ0) is 20.6. The van der Waals surface area contributed by atoms with Crippen LogP contribution in [0, 0.1) is 0 Å². The highest BCUT2D eigenvalue weighted by Gasteiger charge is 2.16. The third kappa shape index (κ3) is 5.40. The highest BCUT2D eigenvalue weighted by Crippen LogP contribution is 2.25. The Kier molecular flexibility index (Phi) is 6.94. The second kappa shape index (κ2) is 9.82. The van der Waals surface area contributed by atoms with Crippen molar-refractivity contribution < 1.29 is 23.8 Å². The molecule has 0 aromatic heterocycles.